The van der Waals surface area contributed by atoms with Gasteiger partial charge < -0.3 is 0 Å². The molecule has 0 unspecified atom stereocenters. The zero-order chi connectivity index (χ0) is 15.7. The zero-order valence-electron chi connectivity index (χ0n) is 13.0. The van der Waals surface area contributed by atoms with Gasteiger partial charge in [-0.1, -0.05) is 37.3 Å². The number of aromatic nitrogens is 2. The van der Waals surface area contributed by atoms with Crippen molar-refractivity contribution in [1.82, 2.24) is 9.61 Å². The average Bonchev–Trinajstić information content (AvgIpc) is 2.86. The molecule has 0 aliphatic heterocycles. The number of carbonyl (C=O) groups is 1. The molecule has 4 heteroatoms. The lowest BCUT2D eigenvalue weighted by molar-refractivity contribution is 0.103. The first kappa shape index (κ1) is 14.9. The number of hydrogen-bond donors (Lipinski definition) is 0. The first-order valence-corrected chi connectivity index (χ1v) is 8.33. The van der Waals surface area contributed by atoms with E-state index in [9.17, 15) is 4.79 Å². The molecule has 0 radical (unpaired) electrons. The van der Waals surface area contributed by atoms with Gasteiger partial charge in [-0.3, -0.25) is 4.79 Å². The van der Waals surface area contributed by atoms with Crippen LogP contribution in [0.25, 0.3) is 5.52 Å². The van der Waals surface area contributed by atoms with E-state index in [1.165, 1.54) is 0 Å². The van der Waals surface area contributed by atoms with Crippen LogP contribution in [0.5, 0.6) is 0 Å². The number of fused-ring (bicyclic) bond motifs is 1. The van der Waals surface area contributed by atoms with Gasteiger partial charge in [-0.15, -0.1) is 11.8 Å². The monoisotopic (exact) mass is 310 g/mol. The highest BCUT2D eigenvalue weighted by Gasteiger charge is 2.21. The maximum Gasteiger partial charge on any atom is 0.197 e. The van der Waals surface area contributed by atoms with Crippen LogP contribution in [0.15, 0.2) is 47.5 Å². The summed E-state index contributed by atoms with van der Waals surface area (Å²) in [5, 5.41) is 5.46. The first-order chi connectivity index (χ1) is 10.6. The first-order valence-electron chi connectivity index (χ1n) is 7.34. The third-order valence-corrected chi connectivity index (χ3v) is 4.42. The zero-order valence-corrected chi connectivity index (χ0v) is 13.8. The van der Waals surface area contributed by atoms with E-state index in [0.717, 1.165) is 27.6 Å². The lowest BCUT2D eigenvalue weighted by atomic mass is 10.0. The number of nitrogens with zero attached hydrogens (tertiary/aromatic N) is 2. The number of hydrogen-bond acceptors (Lipinski definition) is 3. The normalized spacial score (nSPS) is 11.0. The van der Waals surface area contributed by atoms with Gasteiger partial charge in [0.1, 0.15) is 5.03 Å². The molecule has 3 aromatic rings. The van der Waals surface area contributed by atoms with Gasteiger partial charge in [0.15, 0.2) is 5.78 Å². The highest BCUT2D eigenvalue weighted by atomic mass is 32.2. The van der Waals surface area contributed by atoms with E-state index in [2.05, 4.69) is 18.1 Å². The van der Waals surface area contributed by atoms with Crippen LogP contribution < -0.4 is 0 Å². The summed E-state index contributed by atoms with van der Waals surface area (Å²) in [4.78, 5) is 13.0. The summed E-state index contributed by atoms with van der Waals surface area (Å²) in [5.41, 5.74) is 4.49. The summed E-state index contributed by atoms with van der Waals surface area (Å²) >= 11 is 1.61. The number of benzene rings is 1. The molecule has 0 atom stereocenters. The second-order valence-electron chi connectivity index (χ2n) is 5.28. The van der Waals surface area contributed by atoms with Crippen LogP contribution in [0.1, 0.15) is 34.1 Å². The molecule has 0 bridgehead atoms. The Morgan fingerprint density at radius 1 is 1.18 bits per heavy atom. The van der Waals surface area contributed by atoms with E-state index in [-0.39, 0.29) is 5.78 Å². The summed E-state index contributed by atoms with van der Waals surface area (Å²) in [7, 11) is 0. The highest BCUT2D eigenvalue weighted by Crippen LogP contribution is 2.29. The molecule has 0 N–H and O–H groups in total. The van der Waals surface area contributed by atoms with Gasteiger partial charge in [0, 0.05) is 11.3 Å². The van der Waals surface area contributed by atoms with E-state index in [0.29, 0.717) is 11.1 Å². The van der Waals surface area contributed by atoms with E-state index >= 15 is 0 Å². The van der Waals surface area contributed by atoms with Crippen molar-refractivity contribution >= 4 is 23.1 Å². The van der Waals surface area contributed by atoms with Crippen molar-refractivity contribution in [2.45, 2.75) is 25.8 Å². The predicted octanol–water partition coefficient (Wildman–Crippen LogP) is 4.29. The maximum atomic E-state index is 13.0. The minimum atomic E-state index is 0.0385. The Kier molecular flexibility index (Phi) is 4.03. The summed E-state index contributed by atoms with van der Waals surface area (Å²) in [6.07, 6.45) is 0. The number of pyridine rings is 1. The van der Waals surface area contributed by atoms with Gasteiger partial charge in [0.05, 0.1) is 11.1 Å². The second kappa shape index (κ2) is 5.97. The van der Waals surface area contributed by atoms with E-state index in [1.807, 2.05) is 54.8 Å². The van der Waals surface area contributed by atoms with Gasteiger partial charge in [-0.25, -0.2) is 4.52 Å². The molecule has 2 heterocycles. The molecule has 0 saturated carbocycles. The van der Waals surface area contributed by atoms with Gasteiger partial charge in [-0.05, 0) is 37.3 Å². The number of thioether (sulfide) groups is 1. The van der Waals surface area contributed by atoms with Crippen molar-refractivity contribution < 1.29 is 4.79 Å². The standard InChI is InChI=1S/C18H18N2OS/c1-4-22-18-16(17(21)14-8-6-5-7-9-14)15-11-12(2)10-13(3)20(15)19-18/h5-11H,4H2,1-3H3. The molecule has 3 nitrogen and oxygen atoms in total. The molecule has 0 aliphatic carbocycles. The quantitative estimate of drug-likeness (QED) is 0.532. The van der Waals surface area contributed by atoms with Crippen molar-refractivity contribution in [3.63, 3.8) is 0 Å². The van der Waals surface area contributed by atoms with Crippen LogP contribution in [-0.4, -0.2) is 21.2 Å². The SMILES string of the molecule is CCSc1nn2c(C)cc(C)cc2c1C(=O)c1ccccc1. The van der Waals surface area contributed by atoms with Crippen LogP contribution in [0.4, 0.5) is 0 Å². The average molecular weight is 310 g/mol. The topological polar surface area (TPSA) is 34.4 Å². The van der Waals surface area contributed by atoms with Crippen molar-refractivity contribution in [2.75, 3.05) is 5.75 Å². The minimum Gasteiger partial charge on any atom is -0.288 e. The molecule has 0 amide bonds. The molecule has 3 rings (SSSR count). The van der Waals surface area contributed by atoms with Gasteiger partial charge in [-0.2, -0.15) is 5.10 Å². The van der Waals surface area contributed by atoms with Crippen LogP contribution in [0.2, 0.25) is 0 Å². The number of ketones is 1. The third-order valence-electron chi connectivity index (χ3n) is 3.57. The Hall–Kier alpha value is -2.07. The molecule has 0 saturated heterocycles. The Balaban J connectivity index is 2.26. The number of aryl methyl sites for hydroxylation is 2. The van der Waals surface area contributed by atoms with Crippen LogP contribution in [0.3, 0.4) is 0 Å². The van der Waals surface area contributed by atoms with Crippen LogP contribution in [0, 0.1) is 13.8 Å². The molecular weight excluding hydrogens is 292 g/mol. The van der Waals surface area contributed by atoms with Crippen LogP contribution in [-0.2, 0) is 0 Å². The van der Waals surface area contributed by atoms with Crippen molar-refractivity contribution in [3.8, 4) is 0 Å². The summed E-state index contributed by atoms with van der Waals surface area (Å²) in [6, 6.07) is 13.5. The van der Waals surface area contributed by atoms with Gasteiger partial charge in [0.2, 0.25) is 0 Å². The fraction of sp³-hybridized carbons (Fsp3) is 0.222. The summed E-state index contributed by atoms with van der Waals surface area (Å²) < 4.78 is 1.88. The Morgan fingerprint density at radius 3 is 2.59 bits per heavy atom. The lowest BCUT2D eigenvalue weighted by Crippen LogP contribution is -2.02. The van der Waals surface area contributed by atoms with E-state index in [1.54, 1.807) is 11.8 Å². The summed E-state index contributed by atoms with van der Waals surface area (Å²) in [6.45, 7) is 6.14. The van der Waals surface area contributed by atoms with Crippen LogP contribution >= 0.6 is 11.8 Å². The van der Waals surface area contributed by atoms with Gasteiger partial charge in [0.25, 0.3) is 0 Å². The highest BCUT2D eigenvalue weighted by molar-refractivity contribution is 7.99. The fourth-order valence-corrected chi connectivity index (χ4v) is 3.40. The number of rotatable bonds is 4. The minimum absolute atomic E-state index is 0.0385. The molecule has 0 aliphatic rings. The van der Waals surface area contributed by atoms with Crippen molar-refractivity contribution in [1.29, 1.82) is 0 Å². The largest absolute Gasteiger partial charge is 0.288 e. The Morgan fingerprint density at radius 2 is 1.91 bits per heavy atom. The smallest absolute Gasteiger partial charge is 0.197 e. The second-order valence-corrected chi connectivity index (χ2v) is 6.53. The van der Waals surface area contributed by atoms with Crippen molar-refractivity contribution in [2.24, 2.45) is 0 Å². The Bertz CT molecular complexity index is 837. The molecule has 1 aromatic carbocycles. The molecular formula is C18H18N2OS. The maximum absolute atomic E-state index is 13.0. The Labute approximate surface area is 134 Å². The lowest BCUT2D eigenvalue weighted by Gasteiger charge is -2.04. The molecule has 0 spiro atoms. The van der Waals surface area contributed by atoms with E-state index in [4.69, 9.17) is 0 Å². The molecule has 0 fully saturated rings. The molecule has 2 aromatic heterocycles. The predicted molar refractivity (Wildman–Crippen MR) is 90.9 cm³/mol. The van der Waals surface area contributed by atoms with Gasteiger partial charge >= 0.3 is 0 Å². The molecule has 112 valence electrons. The fourth-order valence-electron chi connectivity index (χ4n) is 2.65. The molecule has 22 heavy (non-hydrogen) atoms. The summed E-state index contributed by atoms with van der Waals surface area (Å²) in [5.74, 6) is 0.924. The number of carbonyl (C=O) groups excluding carboxylic acids is 1. The van der Waals surface area contributed by atoms with Crippen molar-refractivity contribution in [3.05, 3.63) is 64.8 Å². The van der Waals surface area contributed by atoms with E-state index < -0.39 is 0 Å². The third kappa shape index (κ3) is 2.55.